The molecule has 0 radical (unpaired) electrons. The van der Waals surface area contributed by atoms with E-state index >= 15 is 0 Å². The van der Waals surface area contributed by atoms with Crippen molar-refractivity contribution in [1.82, 2.24) is 4.98 Å². The van der Waals surface area contributed by atoms with E-state index in [1.54, 1.807) is 30.3 Å². The Kier molecular flexibility index (Phi) is 5.87. The van der Waals surface area contributed by atoms with Gasteiger partial charge in [0.15, 0.2) is 6.61 Å². The molecule has 1 heterocycles. The number of benzene rings is 1. The minimum Gasteiger partial charge on any atom is -0.482 e. The van der Waals surface area contributed by atoms with Gasteiger partial charge in [0.05, 0.1) is 17.8 Å². The minimum absolute atomic E-state index is 0.155. The van der Waals surface area contributed by atoms with Gasteiger partial charge in [0.25, 0.3) is 0 Å². The smallest absolute Gasteiger partial charge is 0.343 e. The third-order valence-electron chi connectivity index (χ3n) is 2.75. The molecule has 0 saturated heterocycles. The maximum Gasteiger partial charge on any atom is 0.343 e. The summed E-state index contributed by atoms with van der Waals surface area (Å²) in [5, 5.41) is 5.56. The monoisotopic (exact) mass is 332 g/mol. The summed E-state index contributed by atoms with van der Waals surface area (Å²) in [7, 11) is 1.30. The van der Waals surface area contributed by atoms with Crippen LogP contribution in [0.2, 0.25) is 0 Å². The van der Waals surface area contributed by atoms with Gasteiger partial charge in [-0.15, -0.1) is 11.3 Å². The second-order valence-electron chi connectivity index (χ2n) is 4.50. The first-order valence-electron chi connectivity index (χ1n) is 6.77. The van der Waals surface area contributed by atoms with Crippen molar-refractivity contribution in [2.75, 3.05) is 19.0 Å². The molecule has 0 saturated carbocycles. The van der Waals surface area contributed by atoms with E-state index in [-0.39, 0.29) is 12.5 Å². The number of carbonyl (C=O) groups excluding carboxylic acids is 2. The first-order chi connectivity index (χ1) is 11.1. The Bertz CT molecular complexity index is 707. The largest absolute Gasteiger partial charge is 0.482 e. The molecule has 0 bridgehead atoms. The fourth-order valence-corrected chi connectivity index (χ4v) is 2.22. The number of ether oxygens (including phenoxy) is 2. The van der Waals surface area contributed by atoms with E-state index in [9.17, 15) is 9.59 Å². The van der Waals surface area contributed by atoms with Gasteiger partial charge >= 0.3 is 5.97 Å². The van der Waals surface area contributed by atoms with Gasteiger partial charge in [-0.1, -0.05) is 0 Å². The number of amides is 1. The van der Waals surface area contributed by atoms with Gasteiger partial charge in [-0.05, 0) is 37.3 Å². The molecular formula is C16H16N2O4S. The lowest BCUT2D eigenvalue weighted by Crippen LogP contribution is -2.12. The lowest BCUT2D eigenvalue weighted by molar-refractivity contribution is -0.142. The number of aromatic nitrogens is 1. The minimum atomic E-state index is -0.454. The average Bonchev–Trinajstić information content (AvgIpc) is 2.97. The number of thiazole rings is 1. The highest BCUT2D eigenvalue weighted by Gasteiger charge is 2.03. The van der Waals surface area contributed by atoms with Crippen LogP contribution in [0.1, 0.15) is 10.7 Å². The van der Waals surface area contributed by atoms with Crippen molar-refractivity contribution in [3.8, 4) is 5.75 Å². The van der Waals surface area contributed by atoms with Gasteiger partial charge in [-0.2, -0.15) is 0 Å². The van der Waals surface area contributed by atoms with Crippen LogP contribution in [0.25, 0.3) is 6.08 Å². The Balaban J connectivity index is 1.86. The summed E-state index contributed by atoms with van der Waals surface area (Å²) in [6.45, 7) is 1.75. The zero-order valence-electron chi connectivity index (χ0n) is 12.7. The Morgan fingerprint density at radius 2 is 2.04 bits per heavy atom. The highest BCUT2D eigenvalue weighted by molar-refractivity contribution is 7.09. The maximum atomic E-state index is 11.8. The molecule has 0 aliphatic heterocycles. The number of esters is 1. The van der Waals surface area contributed by atoms with Gasteiger partial charge in [-0.25, -0.2) is 9.78 Å². The van der Waals surface area contributed by atoms with Crippen molar-refractivity contribution >= 4 is 35.0 Å². The van der Waals surface area contributed by atoms with Crippen LogP contribution in [0.4, 0.5) is 5.69 Å². The molecule has 7 heteroatoms. The van der Waals surface area contributed by atoms with Crippen molar-refractivity contribution in [2.45, 2.75) is 6.92 Å². The van der Waals surface area contributed by atoms with Gasteiger partial charge in [0, 0.05) is 17.1 Å². The lowest BCUT2D eigenvalue weighted by atomic mass is 10.3. The van der Waals surface area contributed by atoms with E-state index in [0.29, 0.717) is 11.4 Å². The summed E-state index contributed by atoms with van der Waals surface area (Å²) in [5.74, 6) is -0.189. The number of hydrogen-bond donors (Lipinski definition) is 1. The number of anilines is 1. The van der Waals surface area contributed by atoms with Gasteiger partial charge in [0.1, 0.15) is 5.75 Å². The van der Waals surface area contributed by atoms with Crippen LogP contribution >= 0.6 is 11.3 Å². The summed E-state index contributed by atoms with van der Waals surface area (Å²) in [6.07, 6.45) is 3.09. The predicted octanol–water partition coefficient (Wildman–Crippen LogP) is 2.66. The second-order valence-corrected chi connectivity index (χ2v) is 5.57. The van der Waals surface area contributed by atoms with Crippen molar-refractivity contribution in [3.63, 3.8) is 0 Å². The third kappa shape index (κ3) is 5.55. The third-order valence-corrected chi connectivity index (χ3v) is 3.54. The van der Waals surface area contributed by atoms with Gasteiger partial charge in [0.2, 0.25) is 5.91 Å². The first kappa shape index (κ1) is 16.7. The summed E-state index contributed by atoms with van der Waals surface area (Å²) in [4.78, 5) is 27.0. The van der Waals surface area contributed by atoms with Crippen molar-refractivity contribution in [1.29, 1.82) is 0 Å². The summed E-state index contributed by atoms with van der Waals surface area (Å²) in [6, 6.07) is 6.69. The molecule has 0 aliphatic rings. The molecule has 0 unspecified atom stereocenters. The fraction of sp³-hybridized carbons (Fsp3) is 0.188. The lowest BCUT2D eigenvalue weighted by Gasteiger charge is -2.06. The topological polar surface area (TPSA) is 77.5 Å². The molecule has 6 nitrogen and oxygen atoms in total. The highest BCUT2D eigenvalue weighted by Crippen LogP contribution is 2.16. The van der Waals surface area contributed by atoms with E-state index in [1.807, 2.05) is 12.3 Å². The zero-order valence-corrected chi connectivity index (χ0v) is 13.6. The van der Waals surface area contributed by atoms with E-state index in [0.717, 1.165) is 10.7 Å². The van der Waals surface area contributed by atoms with Crippen LogP contribution in [0, 0.1) is 6.92 Å². The Morgan fingerprint density at radius 3 is 2.65 bits per heavy atom. The Hall–Kier alpha value is -2.67. The first-order valence-corrected chi connectivity index (χ1v) is 7.65. The van der Waals surface area contributed by atoms with Crippen LogP contribution in [0.15, 0.2) is 35.7 Å². The highest BCUT2D eigenvalue weighted by atomic mass is 32.1. The second kappa shape index (κ2) is 8.09. The van der Waals surface area contributed by atoms with E-state index in [4.69, 9.17) is 4.74 Å². The summed E-state index contributed by atoms with van der Waals surface area (Å²) < 4.78 is 9.70. The number of aryl methyl sites for hydroxylation is 1. The normalized spacial score (nSPS) is 10.5. The molecule has 0 atom stereocenters. The molecule has 1 aromatic carbocycles. The van der Waals surface area contributed by atoms with E-state index < -0.39 is 5.97 Å². The molecule has 120 valence electrons. The van der Waals surface area contributed by atoms with Crippen LogP contribution in [0.5, 0.6) is 5.75 Å². The molecule has 1 N–H and O–H groups in total. The molecule has 0 aliphatic carbocycles. The van der Waals surface area contributed by atoms with Crippen molar-refractivity contribution in [3.05, 3.63) is 46.4 Å². The number of carbonyl (C=O) groups is 2. The number of nitrogens with zero attached hydrogens (tertiary/aromatic N) is 1. The van der Waals surface area contributed by atoms with Crippen LogP contribution < -0.4 is 10.1 Å². The van der Waals surface area contributed by atoms with E-state index in [2.05, 4.69) is 15.0 Å². The summed E-state index contributed by atoms with van der Waals surface area (Å²) >= 11 is 1.53. The summed E-state index contributed by atoms with van der Waals surface area (Å²) in [5.41, 5.74) is 1.38. The molecule has 2 rings (SSSR count). The number of hydrogen-bond acceptors (Lipinski definition) is 6. The van der Waals surface area contributed by atoms with Gasteiger partial charge in [-0.3, -0.25) is 4.79 Å². The molecule has 2 aromatic rings. The van der Waals surface area contributed by atoms with Gasteiger partial charge < -0.3 is 14.8 Å². The molecule has 1 aromatic heterocycles. The molecule has 1 amide bonds. The fourth-order valence-electron chi connectivity index (χ4n) is 1.64. The van der Waals surface area contributed by atoms with Crippen LogP contribution in [0.3, 0.4) is 0 Å². The standard InChI is InChI=1S/C16H16N2O4S/c1-11-17-13(10-23-11)5-8-15(19)18-12-3-6-14(7-4-12)22-9-16(20)21-2/h3-8,10H,9H2,1-2H3,(H,18,19)/b8-5+. The molecule has 0 spiro atoms. The Labute approximate surface area is 137 Å². The van der Waals surface area contributed by atoms with Crippen LogP contribution in [-0.4, -0.2) is 30.6 Å². The van der Waals surface area contributed by atoms with Crippen molar-refractivity contribution < 1.29 is 19.1 Å². The Morgan fingerprint density at radius 1 is 1.30 bits per heavy atom. The zero-order chi connectivity index (χ0) is 16.7. The number of methoxy groups -OCH3 is 1. The van der Waals surface area contributed by atoms with E-state index in [1.165, 1.54) is 24.5 Å². The average molecular weight is 332 g/mol. The number of rotatable bonds is 6. The predicted molar refractivity (Wildman–Crippen MR) is 88.5 cm³/mol. The SMILES string of the molecule is COC(=O)COc1ccc(NC(=O)/C=C/c2csc(C)n2)cc1. The quantitative estimate of drug-likeness (QED) is 0.650. The number of nitrogens with one attached hydrogen (secondary N) is 1. The van der Waals surface area contributed by atoms with Crippen LogP contribution in [-0.2, 0) is 14.3 Å². The maximum absolute atomic E-state index is 11.8. The van der Waals surface area contributed by atoms with Crippen molar-refractivity contribution in [2.24, 2.45) is 0 Å². The molecule has 23 heavy (non-hydrogen) atoms. The molecule has 0 fully saturated rings. The molecular weight excluding hydrogens is 316 g/mol.